The van der Waals surface area contributed by atoms with E-state index in [4.69, 9.17) is 4.42 Å². The molecule has 0 aliphatic carbocycles. The van der Waals surface area contributed by atoms with Crippen LogP contribution in [0.15, 0.2) is 59.0 Å². The molecule has 0 N–H and O–H groups in total. The molecule has 0 saturated carbocycles. The summed E-state index contributed by atoms with van der Waals surface area (Å²) in [7, 11) is 0. The molecule has 1 heterocycles. The summed E-state index contributed by atoms with van der Waals surface area (Å²) < 4.78 is 44.6. The van der Waals surface area contributed by atoms with Crippen LogP contribution in [0.2, 0.25) is 0 Å². The summed E-state index contributed by atoms with van der Waals surface area (Å²) in [6.07, 6.45) is -4.95. The molecule has 3 aromatic carbocycles. The predicted molar refractivity (Wildman–Crippen MR) is 106 cm³/mol. The van der Waals surface area contributed by atoms with Crippen LogP contribution in [-0.4, -0.2) is 23.6 Å². The van der Waals surface area contributed by atoms with E-state index in [0.717, 1.165) is 16.3 Å². The first kappa shape index (κ1) is 19.0. The van der Waals surface area contributed by atoms with Crippen LogP contribution in [-0.2, 0) is 4.79 Å². The molecule has 29 heavy (non-hydrogen) atoms. The van der Waals surface area contributed by atoms with Gasteiger partial charge in [0, 0.05) is 17.8 Å². The molecule has 1 amide bonds. The molecule has 0 fully saturated rings. The number of halogens is 3. The van der Waals surface area contributed by atoms with Crippen molar-refractivity contribution in [3.8, 4) is 11.5 Å². The number of oxazole rings is 1. The largest absolute Gasteiger partial charge is 0.471 e. The summed E-state index contributed by atoms with van der Waals surface area (Å²) in [4.78, 5) is 16.9. The average molecular weight is 398 g/mol. The first-order valence-corrected chi connectivity index (χ1v) is 9.07. The van der Waals surface area contributed by atoms with Crippen LogP contribution >= 0.6 is 0 Å². The van der Waals surface area contributed by atoms with Crippen molar-refractivity contribution in [3.05, 3.63) is 60.2 Å². The number of aryl methyl sites for hydroxylation is 1. The number of rotatable bonds is 3. The highest BCUT2D eigenvalue weighted by Gasteiger charge is 2.42. The third-order valence-corrected chi connectivity index (χ3v) is 4.77. The summed E-state index contributed by atoms with van der Waals surface area (Å²) >= 11 is 0. The monoisotopic (exact) mass is 398 g/mol. The minimum Gasteiger partial charge on any atom is -0.436 e. The molecule has 0 atom stereocenters. The van der Waals surface area contributed by atoms with E-state index in [1.165, 1.54) is 19.1 Å². The Bertz CT molecular complexity index is 1230. The van der Waals surface area contributed by atoms with Crippen LogP contribution in [0.3, 0.4) is 0 Å². The van der Waals surface area contributed by atoms with Crippen molar-refractivity contribution in [2.24, 2.45) is 0 Å². The Balaban J connectivity index is 1.79. The maximum absolute atomic E-state index is 12.9. The second-order valence-electron chi connectivity index (χ2n) is 6.74. The molecule has 0 aliphatic heterocycles. The minimum atomic E-state index is -4.95. The highest BCUT2D eigenvalue weighted by atomic mass is 19.4. The molecule has 0 spiro atoms. The molecule has 0 saturated heterocycles. The number of anilines is 1. The predicted octanol–water partition coefficient (Wildman–Crippen LogP) is 5.87. The second kappa shape index (κ2) is 6.92. The lowest BCUT2D eigenvalue weighted by molar-refractivity contribution is -0.170. The molecule has 1 aromatic heterocycles. The van der Waals surface area contributed by atoms with Gasteiger partial charge < -0.3 is 9.32 Å². The lowest BCUT2D eigenvalue weighted by atomic mass is 10.1. The van der Waals surface area contributed by atoms with Gasteiger partial charge in [0.1, 0.15) is 5.52 Å². The first-order chi connectivity index (χ1) is 13.8. The number of carbonyl (C=O) groups excluding carboxylic acids is 1. The van der Waals surface area contributed by atoms with Crippen LogP contribution in [0, 0.1) is 6.92 Å². The maximum atomic E-state index is 12.9. The molecule has 4 nitrogen and oxygen atoms in total. The Labute approximate surface area is 164 Å². The van der Waals surface area contributed by atoms with Crippen LogP contribution in [0.1, 0.15) is 12.5 Å². The van der Waals surface area contributed by atoms with Gasteiger partial charge in [0.05, 0.1) is 0 Å². The number of nitrogens with zero attached hydrogens (tertiary/aromatic N) is 2. The summed E-state index contributed by atoms with van der Waals surface area (Å²) in [6.45, 7) is 3.10. The van der Waals surface area contributed by atoms with E-state index >= 15 is 0 Å². The van der Waals surface area contributed by atoms with Gasteiger partial charge in [-0.15, -0.1) is 0 Å². The molecule has 148 valence electrons. The van der Waals surface area contributed by atoms with E-state index in [9.17, 15) is 18.0 Å². The molecule has 0 bridgehead atoms. The molecule has 4 aromatic rings. The molecule has 4 rings (SSSR count). The van der Waals surface area contributed by atoms with Gasteiger partial charge in [-0.2, -0.15) is 13.2 Å². The van der Waals surface area contributed by atoms with E-state index in [2.05, 4.69) is 4.98 Å². The number of hydrogen-bond acceptors (Lipinski definition) is 3. The Morgan fingerprint density at radius 3 is 2.48 bits per heavy atom. The third-order valence-electron chi connectivity index (χ3n) is 4.77. The molecule has 0 aliphatic rings. The van der Waals surface area contributed by atoms with Crippen LogP contribution in [0.4, 0.5) is 18.9 Å². The number of alkyl halides is 3. The topological polar surface area (TPSA) is 46.3 Å². The molecule has 0 unspecified atom stereocenters. The van der Waals surface area contributed by atoms with Gasteiger partial charge in [-0.05, 0) is 54.4 Å². The van der Waals surface area contributed by atoms with Crippen molar-refractivity contribution >= 4 is 33.5 Å². The number of benzene rings is 3. The number of hydrogen-bond donors (Lipinski definition) is 0. The summed E-state index contributed by atoms with van der Waals surface area (Å²) in [5.41, 5.74) is 2.38. The zero-order chi connectivity index (χ0) is 20.8. The van der Waals surface area contributed by atoms with Crippen molar-refractivity contribution in [2.75, 3.05) is 11.4 Å². The van der Waals surface area contributed by atoms with Crippen molar-refractivity contribution in [1.82, 2.24) is 4.98 Å². The lowest BCUT2D eigenvalue weighted by Gasteiger charge is -2.22. The number of carbonyl (C=O) groups is 1. The maximum Gasteiger partial charge on any atom is 0.471 e. The van der Waals surface area contributed by atoms with Gasteiger partial charge in [0.15, 0.2) is 5.58 Å². The fourth-order valence-electron chi connectivity index (χ4n) is 3.38. The fourth-order valence-corrected chi connectivity index (χ4v) is 3.38. The van der Waals surface area contributed by atoms with Crippen LogP contribution < -0.4 is 4.90 Å². The van der Waals surface area contributed by atoms with Gasteiger partial charge in [-0.1, -0.05) is 30.3 Å². The fraction of sp³-hybridized carbons (Fsp3) is 0.182. The second-order valence-corrected chi connectivity index (χ2v) is 6.74. The summed E-state index contributed by atoms with van der Waals surface area (Å²) in [5, 5.41) is 2.10. The van der Waals surface area contributed by atoms with Crippen molar-refractivity contribution < 1.29 is 22.4 Å². The van der Waals surface area contributed by atoms with E-state index < -0.39 is 12.1 Å². The van der Waals surface area contributed by atoms with Crippen molar-refractivity contribution in [1.29, 1.82) is 0 Å². The van der Waals surface area contributed by atoms with E-state index in [0.29, 0.717) is 27.5 Å². The van der Waals surface area contributed by atoms with E-state index in [-0.39, 0.29) is 12.2 Å². The zero-order valence-electron chi connectivity index (χ0n) is 15.7. The van der Waals surface area contributed by atoms with Gasteiger partial charge in [0.25, 0.3) is 0 Å². The number of aromatic nitrogens is 1. The molecular formula is C22H17F3N2O2. The smallest absolute Gasteiger partial charge is 0.436 e. The summed E-state index contributed by atoms with van der Waals surface area (Å²) in [6, 6.07) is 16.6. The van der Waals surface area contributed by atoms with Crippen LogP contribution in [0.5, 0.6) is 0 Å². The van der Waals surface area contributed by atoms with Gasteiger partial charge >= 0.3 is 12.1 Å². The number of amides is 1. The molecule has 0 radical (unpaired) electrons. The van der Waals surface area contributed by atoms with Gasteiger partial charge in [0.2, 0.25) is 5.89 Å². The first-order valence-electron chi connectivity index (χ1n) is 9.07. The average Bonchev–Trinajstić information content (AvgIpc) is 3.12. The van der Waals surface area contributed by atoms with E-state index in [1.807, 2.05) is 42.5 Å². The third kappa shape index (κ3) is 3.44. The molecule has 7 heteroatoms. The minimum absolute atomic E-state index is 0.112. The van der Waals surface area contributed by atoms with Crippen LogP contribution in [0.25, 0.3) is 33.3 Å². The summed E-state index contributed by atoms with van der Waals surface area (Å²) in [5.74, 6) is -1.53. The van der Waals surface area contributed by atoms with E-state index in [1.54, 1.807) is 6.92 Å². The lowest BCUT2D eigenvalue weighted by Crippen LogP contribution is -2.41. The quantitative estimate of drug-likeness (QED) is 0.433. The van der Waals surface area contributed by atoms with Crippen molar-refractivity contribution in [2.45, 2.75) is 20.0 Å². The van der Waals surface area contributed by atoms with Gasteiger partial charge in [-0.25, -0.2) is 4.98 Å². The zero-order valence-corrected chi connectivity index (χ0v) is 15.7. The Morgan fingerprint density at radius 2 is 1.79 bits per heavy atom. The Hall–Kier alpha value is -3.35. The normalized spacial score (nSPS) is 11.9. The number of fused-ring (bicyclic) bond motifs is 2. The Kier molecular flexibility index (Phi) is 4.53. The molecular weight excluding hydrogens is 381 g/mol. The standard InChI is InChI=1S/C22H17F3N2O2/c1-3-27(21(28)22(23,24)25)17-10-13(2)19-18(12-17)26-20(29-19)16-9-8-14-6-4-5-7-15(14)11-16/h4-12H,3H2,1-2H3. The highest BCUT2D eigenvalue weighted by molar-refractivity contribution is 5.99. The highest BCUT2D eigenvalue weighted by Crippen LogP contribution is 2.32. The Morgan fingerprint density at radius 1 is 1.07 bits per heavy atom. The van der Waals surface area contributed by atoms with Gasteiger partial charge in [-0.3, -0.25) is 4.79 Å². The van der Waals surface area contributed by atoms with Crippen molar-refractivity contribution in [3.63, 3.8) is 0 Å². The SMILES string of the molecule is CCN(C(=O)C(F)(F)F)c1cc(C)c2oc(-c3ccc4ccccc4c3)nc2c1.